The average molecular weight is 226 g/mol. The van der Waals surface area contributed by atoms with Crippen molar-refractivity contribution in [3.63, 3.8) is 0 Å². The number of nitrogens with two attached hydrogens (primary N) is 1. The molecule has 0 aromatic heterocycles. The molecule has 0 saturated heterocycles. The molecule has 3 rings (SSSR count). The molecule has 1 aromatic carbocycles. The summed E-state index contributed by atoms with van der Waals surface area (Å²) in [4.78, 5) is 0. The monoisotopic (exact) mass is 225 g/mol. The Labute approximate surface area is 96.2 Å². The van der Waals surface area contributed by atoms with Crippen molar-refractivity contribution in [2.75, 3.05) is 6.61 Å². The van der Waals surface area contributed by atoms with Crippen LogP contribution in [0.4, 0.5) is 0 Å². The number of halogens is 1. The van der Waals surface area contributed by atoms with Crippen molar-refractivity contribution < 1.29 is 4.74 Å². The summed E-state index contributed by atoms with van der Waals surface area (Å²) in [5.74, 6) is 1.62. The van der Waals surface area contributed by atoms with E-state index in [2.05, 4.69) is 18.2 Å². The topological polar surface area (TPSA) is 35.2 Å². The second-order valence-corrected chi connectivity index (χ2v) is 4.28. The molecule has 0 bridgehead atoms. The van der Waals surface area contributed by atoms with Gasteiger partial charge in [0.1, 0.15) is 5.75 Å². The summed E-state index contributed by atoms with van der Waals surface area (Å²) >= 11 is 0. The van der Waals surface area contributed by atoms with Crippen LogP contribution in [0.3, 0.4) is 0 Å². The van der Waals surface area contributed by atoms with Crippen LogP contribution in [-0.4, -0.2) is 12.6 Å². The summed E-state index contributed by atoms with van der Waals surface area (Å²) in [6.07, 6.45) is 3.33. The van der Waals surface area contributed by atoms with Crippen molar-refractivity contribution in [2.45, 2.75) is 31.2 Å². The third-order valence-corrected chi connectivity index (χ3v) is 3.48. The van der Waals surface area contributed by atoms with Crippen LogP contribution in [0.5, 0.6) is 5.75 Å². The Balaban J connectivity index is 0.000000853. The average Bonchev–Trinajstić information content (AvgIpc) is 2.24. The summed E-state index contributed by atoms with van der Waals surface area (Å²) in [6, 6.07) is 6.72. The second kappa shape index (κ2) is 4.03. The summed E-state index contributed by atoms with van der Waals surface area (Å²) in [5, 5.41) is 0. The van der Waals surface area contributed by atoms with Gasteiger partial charge < -0.3 is 10.5 Å². The molecule has 2 aliphatic rings. The van der Waals surface area contributed by atoms with Gasteiger partial charge in [0.05, 0.1) is 6.61 Å². The maximum absolute atomic E-state index is 6.15. The molecule has 1 aliphatic carbocycles. The number of aryl methyl sites for hydroxylation is 1. The van der Waals surface area contributed by atoms with E-state index in [-0.39, 0.29) is 12.4 Å². The Hall–Kier alpha value is -0.730. The van der Waals surface area contributed by atoms with Crippen LogP contribution in [0.1, 0.15) is 29.9 Å². The van der Waals surface area contributed by atoms with Crippen molar-refractivity contribution in [3.05, 3.63) is 29.3 Å². The van der Waals surface area contributed by atoms with Gasteiger partial charge in [-0.3, -0.25) is 0 Å². The highest BCUT2D eigenvalue weighted by Crippen LogP contribution is 2.41. The summed E-state index contributed by atoms with van der Waals surface area (Å²) in [7, 11) is 0. The van der Waals surface area contributed by atoms with E-state index in [9.17, 15) is 0 Å². The first-order valence-corrected chi connectivity index (χ1v) is 5.36. The molecule has 0 radical (unpaired) electrons. The lowest BCUT2D eigenvalue weighted by molar-refractivity contribution is 0.245. The molecular weight excluding hydrogens is 210 g/mol. The molecule has 0 spiro atoms. The van der Waals surface area contributed by atoms with Crippen LogP contribution in [0.25, 0.3) is 0 Å². The van der Waals surface area contributed by atoms with E-state index in [0.717, 1.165) is 31.6 Å². The predicted molar refractivity (Wildman–Crippen MR) is 62.8 cm³/mol. The van der Waals surface area contributed by atoms with Gasteiger partial charge in [0.15, 0.2) is 0 Å². The Bertz CT molecular complexity index is 352. The molecule has 2 atom stereocenters. The zero-order chi connectivity index (χ0) is 9.54. The molecule has 15 heavy (non-hydrogen) atoms. The van der Waals surface area contributed by atoms with Crippen LogP contribution in [0, 0.1) is 0 Å². The van der Waals surface area contributed by atoms with Crippen LogP contribution in [0.2, 0.25) is 0 Å². The van der Waals surface area contributed by atoms with E-state index in [1.54, 1.807) is 0 Å². The van der Waals surface area contributed by atoms with Gasteiger partial charge in [-0.05, 0) is 30.9 Å². The molecule has 1 heterocycles. The molecule has 0 fully saturated rings. The SMILES string of the molecule is Cl.N[C@@H]1CCc2cccc3c2[C@@H]1CCO3. The van der Waals surface area contributed by atoms with E-state index in [0.29, 0.717) is 12.0 Å². The van der Waals surface area contributed by atoms with Crippen LogP contribution in [-0.2, 0) is 6.42 Å². The summed E-state index contributed by atoms with van der Waals surface area (Å²) in [6.45, 7) is 0.828. The van der Waals surface area contributed by atoms with Gasteiger partial charge in [-0.1, -0.05) is 12.1 Å². The molecule has 82 valence electrons. The lowest BCUT2D eigenvalue weighted by Gasteiger charge is -2.35. The Morgan fingerprint density at radius 2 is 2.13 bits per heavy atom. The fourth-order valence-electron chi connectivity index (χ4n) is 2.75. The van der Waals surface area contributed by atoms with Crippen molar-refractivity contribution in [1.29, 1.82) is 0 Å². The molecule has 2 nitrogen and oxygen atoms in total. The van der Waals surface area contributed by atoms with E-state index >= 15 is 0 Å². The van der Waals surface area contributed by atoms with E-state index in [1.807, 2.05) is 0 Å². The Morgan fingerprint density at radius 3 is 3.00 bits per heavy atom. The highest BCUT2D eigenvalue weighted by Gasteiger charge is 2.32. The smallest absolute Gasteiger partial charge is 0.123 e. The van der Waals surface area contributed by atoms with Crippen molar-refractivity contribution in [2.24, 2.45) is 5.73 Å². The number of rotatable bonds is 0. The van der Waals surface area contributed by atoms with Gasteiger partial charge in [0, 0.05) is 17.5 Å². The standard InChI is InChI=1S/C12H15NO.ClH/c13-10-5-4-8-2-1-3-11-12(8)9(10)6-7-14-11;/h1-3,9-10H,4-7,13H2;1H/t9-,10-;/m1./s1. The molecule has 1 aromatic rings. The fraction of sp³-hybridized carbons (Fsp3) is 0.500. The number of ether oxygens (including phenoxy) is 1. The fourth-order valence-corrected chi connectivity index (χ4v) is 2.75. The highest BCUT2D eigenvalue weighted by molar-refractivity contribution is 5.85. The van der Waals surface area contributed by atoms with E-state index in [4.69, 9.17) is 10.5 Å². The molecule has 1 aliphatic heterocycles. The minimum atomic E-state index is 0. The maximum atomic E-state index is 6.15. The van der Waals surface area contributed by atoms with Gasteiger partial charge in [-0.25, -0.2) is 0 Å². The van der Waals surface area contributed by atoms with Crippen LogP contribution in [0.15, 0.2) is 18.2 Å². The Morgan fingerprint density at radius 1 is 1.27 bits per heavy atom. The first-order valence-electron chi connectivity index (χ1n) is 5.36. The zero-order valence-corrected chi connectivity index (χ0v) is 9.43. The summed E-state index contributed by atoms with van der Waals surface area (Å²) < 4.78 is 5.66. The quantitative estimate of drug-likeness (QED) is 0.735. The van der Waals surface area contributed by atoms with Crippen LogP contribution >= 0.6 is 12.4 Å². The first-order chi connectivity index (χ1) is 6.86. The molecule has 2 N–H and O–H groups in total. The molecule has 3 heteroatoms. The van der Waals surface area contributed by atoms with Crippen molar-refractivity contribution in [1.82, 2.24) is 0 Å². The third kappa shape index (κ3) is 1.62. The highest BCUT2D eigenvalue weighted by atomic mass is 35.5. The molecule has 0 unspecified atom stereocenters. The zero-order valence-electron chi connectivity index (χ0n) is 8.61. The molecule has 0 saturated carbocycles. The lowest BCUT2D eigenvalue weighted by atomic mass is 9.76. The van der Waals surface area contributed by atoms with Gasteiger partial charge >= 0.3 is 0 Å². The summed E-state index contributed by atoms with van der Waals surface area (Å²) in [5.41, 5.74) is 9.00. The van der Waals surface area contributed by atoms with E-state index in [1.165, 1.54) is 11.1 Å². The minimum absolute atomic E-state index is 0. The first kappa shape index (κ1) is 10.8. The van der Waals surface area contributed by atoms with Gasteiger partial charge in [-0.2, -0.15) is 0 Å². The normalized spacial score (nSPS) is 27.3. The van der Waals surface area contributed by atoms with Gasteiger partial charge in [0.2, 0.25) is 0 Å². The lowest BCUT2D eigenvalue weighted by Crippen LogP contribution is -2.36. The van der Waals surface area contributed by atoms with Gasteiger partial charge in [-0.15, -0.1) is 12.4 Å². The van der Waals surface area contributed by atoms with Gasteiger partial charge in [0.25, 0.3) is 0 Å². The van der Waals surface area contributed by atoms with Crippen LogP contribution < -0.4 is 10.5 Å². The molecular formula is C12H16ClNO. The number of hydrogen-bond acceptors (Lipinski definition) is 2. The van der Waals surface area contributed by atoms with Crippen molar-refractivity contribution >= 4 is 12.4 Å². The third-order valence-electron chi connectivity index (χ3n) is 3.48. The van der Waals surface area contributed by atoms with Crippen molar-refractivity contribution in [3.8, 4) is 5.75 Å². The number of hydrogen-bond donors (Lipinski definition) is 1. The minimum Gasteiger partial charge on any atom is -0.493 e. The number of benzene rings is 1. The van der Waals surface area contributed by atoms with E-state index < -0.39 is 0 Å². The maximum Gasteiger partial charge on any atom is 0.123 e. The molecule has 0 amide bonds. The second-order valence-electron chi connectivity index (χ2n) is 4.28. The predicted octanol–water partition coefficient (Wildman–Crippen LogP) is 2.25. The Kier molecular flexibility index (Phi) is 2.89. The largest absolute Gasteiger partial charge is 0.493 e.